The molecule has 0 aliphatic heterocycles. The highest BCUT2D eigenvalue weighted by atomic mass is 16.5. The van der Waals surface area contributed by atoms with E-state index in [1.54, 1.807) is 7.11 Å². The zero-order valence-corrected chi connectivity index (χ0v) is 6.43. The monoisotopic (exact) mass is 198 g/mol. The van der Waals surface area contributed by atoms with Gasteiger partial charge < -0.3 is 9.47 Å². The minimum absolute atomic E-state index is 0. The third-order valence-electron chi connectivity index (χ3n) is 0.576. The molecule has 0 amide bonds. The van der Waals surface area contributed by atoms with Crippen LogP contribution in [0.4, 0.5) is 0 Å². The van der Waals surface area contributed by atoms with Crippen LogP contribution in [0.3, 0.4) is 0 Å². The zero-order valence-electron chi connectivity index (χ0n) is 6.43. The number of rotatable bonds is 1. The highest BCUT2D eigenvalue weighted by Crippen LogP contribution is 1.60. The Hall–Kier alpha value is -0.570. The van der Waals surface area contributed by atoms with E-state index in [0.29, 0.717) is 0 Å². The summed E-state index contributed by atoms with van der Waals surface area (Å²) in [5.41, 5.74) is 0. The molecular formula is C10H30O3. The van der Waals surface area contributed by atoms with Gasteiger partial charge in [-0.1, -0.05) is 29.7 Å². The summed E-state index contributed by atoms with van der Waals surface area (Å²) < 4.78 is 8.65. The van der Waals surface area contributed by atoms with Crippen molar-refractivity contribution >= 4 is 5.97 Å². The fraction of sp³-hybridized carbons (Fsp3) is 0.900. The Balaban J connectivity index is -0.0000000146. The van der Waals surface area contributed by atoms with E-state index in [4.69, 9.17) is 0 Å². The van der Waals surface area contributed by atoms with E-state index < -0.39 is 0 Å². The van der Waals surface area contributed by atoms with E-state index in [-0.39, 0.29) is 35.7 Å². The van der Waals surface area contributed by atoms with Gasteiger partial charge >= 0.3 is 5.97 Å². The molecule has 0 saturated carbocycles. The molecule has 3 heteroatoms. The highest BCUT2D eigenvalue weighted by molar-refractivity contribution is 5.65. The molecule has 0 unspecified atom stereocenters. The third kappa shape index (κ3) is 172. The van der Waals surface area contributed by atoms with Crippen molar-refractivity contribution < 1.29 is 14.3 Å². The Bertz CT molecular complexity index is 61.2. The number of carbonyl (C=O) groups excluding carboxylic acids is 1. The number of hydrogen-bond donors (Lipinski definition) is 0. The van der Waals surface area contributed by atoms with Gasteiger partial charge in [0, 0.05) is 20.6 Å². The average Bonchev–Trinajstić information content (AvgIpc) is 1.89. The van der Waals surface area contributed by atoms with Gasteiger partial charge in [-0.05, 0) is 6.92 Å². The Morgan fingerprint density at radius 3 is 1.23 bits per heavy atom. The minimum atomic E-state index is -0.245. The molecule has 0 fully saturated rings. The van der Waals surface area contributed by atoms with Crippen molar-refractivity contribution in [2.75, 3.05) is 20.8 Å². The largest absolute Gasteiger partial charge is 0.469 e. The molecule has 0 aromatic carbocycles. The molecular weight excluding hydrogens is 168 g/mol. The topological polar surface area (TPSA) is 35.5 Å². The number of ether oxygens (including phenoxy) is 2. The Kier molecular flexibility index (Phi) is 127. The van der Waals surface area contributed by atoms with Crippen molar-refractivity contribution in [2.24, 2.45) is 0 Å². The summed E-state index contributed by atoms with van der Waals surface area (Å²) in [6, 6.07) is 0. The molecule has 0 atom stereocenters. The lowest BCUT2D eigenvalue weighted by molar-refractivity contribution is -0.137. The van der Waals surface area contributed by atoms with Crippen LogP contribution in [-0.2, 0) is 14.3 Å². The van der Waals surface area contributed by atoms with Crippen LogP contribution in [0.5, 0.6) is 0 Å². The molecule has 0 rings (SSSR count). The maximum Gasteiger partial charge on any atom is 0.302 e. The first-order chi connectivity index (χ1) is 4.18. The van der Waals surface area contributed by atoms with Crippen LogP contribution >= 0.6 is 0 Å². The molecule has 13 heavy (non-hydrogen) atoms. The molecule has 0 aliphatic rings. The number of hydrogen-bond acceptors (Lipinski definition) is 3. The summed E-state index contributed by atoms with van der Waals surface area (Å²) in [7, 11) is 3.03. The summed E-state index contributed by atoms with van der Waals surface area (Å²) >= 11 is 0. The second-order valence-electron chi connectivity index (χ2n) is 1.27. The van der Waals surface area contributed by atoms with Crippen LogP contribution in [0.1, 0.15) is 43.6 Å². The maximum atomic E-state index is 9.59. The van der Waals surface area contributed by atoms with Gasteiger partial charge in [0.1, 0.15) is 0 Å². The van der Waals surface area contributed by atoms with Gasteiger partial charge in [0.25, 0.3) is 0 Å². The van der Waals surface area contributed by atoms with E-state index in [0.717, 1.165) is 6.61 Å². The third-order valence-corrected chi connectivity index (χ3v) is 0.576. The Morgan fingerprint density at radius 2 is 1.23 bits per heavy atom. The summed E-state index contributed by atoms with van der Waals surface area (Å²) in [6.07, 6.45) is 0. The van der Waals surface area contributed by atoms with Gasteiger partial charge in [-0.3, -0.25) is 4.79 Å². The molecule has 0 heterocycles. The standard InChI is InChI=1S/C3H6O2.C3H8O.4CH4/c1-3(4)5-2;1-3-4-2;;;;/h1-2H3;3H2,1-2H3;4*1H4. The van der Waals surface area contributed by atoms with Gasteiger partial charge in [0.2, 0.25) is 0 Å². The Morgan fingerprint density at radius 1 is 1.08 bits per heavy atom. The van der Waals surface area contributed by atoms with Crippen LogP contribution in [-0.4, -0.2) is 26.8 Å². The first kappa shape index (κ1) is 39.3. The maximum absolute atomic E-state index is 9.59. The summed E-state index contributed by atoms with van der Waals surface area (Å²) in [6.45, 7) is 4.14. The number of esters is 1. The van der Waals surface area contributed by atoms with E-state index in [2.05, 4.69) is 9.47 Å². The smallest absolute Gasteiger partial charge is 0.302 e. The van der Waals surface area contributed by atoms with Gasteiger partial charge in [0.15, 0.2) is 0 Å². The molecule has 0 aromatic rings. The van der Waals surface area contributed by atoms with Crippen molar-refractivity contribution in [3.8, 4) is 0 Å². The molecule has 0 aliphatic carbocycles. The molecule has 0 bridgehead atoms. The van der Waals surface area contributed by atoms with Crippen LogP contribution in [0.15, 0.2) is 0 Å². The minimum Gasteiger partial charge on any atom is -0.469 e. The fourth-order valence-corrected chi connectivity index (χ4v) is 0. The van der Waals surface area contributed by atoms with E-state index >= 15 is 0 Å². The van der Waals surface area contributed by atoms with Crippen LogP contribution < -0.4 is 0 Å². The van der Waals surface area contributed by atoms with Gasteiger partial charge in [0.05, 0.1) is 7.11 Å². The van der Waals surface area contributed by atoms with Crippen LogP contribution in [0, 0.1) is 0 Å². The van der Waals surface area contributed by atoms with Gasteiger partial charge in [-0.2, -0.15) is 0 Å². The molecule has 3 nitrogen and oxygen atoms in total. The van der Waals surface area contributed by atoms with Gasteiger partial charge in [-0.25, -0.2) is 0 Å². The quantitative estimate of drug-likeness (QED) is 0.606. The fourth-order valence-electron chi connectivity index (χ4n) is 0. The summed E-state index contributed by atoms with van der Waals surface area (Å²) in [5, 5.41) is 0. The molecule has 0 radical (unpaired) electrons. The molecule has 0 N–H and O–H groups in total. The molecule has 0 saturated heterocycles. The molecule has 0 spiro atoms. The molecule has 0 aromatic heterocycles. The lowest BCUT2D eigenvalue weighted by Gasteiger charge is -1.80. The van der Waals surface area contributed by atoms with E-state index in [1.165, 1.54) is 14.0 Å². The van der Waals surface area contributed by atoms with Crippen LogP contribution in [0.2, 0.25) is 0 Å². The average molecular weight is 198 g/mol. The Labute approximate surface area is 85.4 Å². The molecule has 88 valence electrons. The van der Waals surface area contributed by atoms with Crippen molar-refractivity contribution in [3.63, 3.8) is 0 Å². The van der Waals surface area contributed by atoms with E-state index in [9.17, 15) is 4.79 Å². The predicted octanol–water partition coefficient (Wildman–Crippen LogP) is 3.38. The van der Waals surface area contributed by atoms with E-state index in [1.807, 2.05) is 6.92 Å². The zero-order chi connectivity index (χ0) is 7.70. The van der Waals surface area contributed by atoms with Gasteiger partial charge in [-0.15, -0.1) is 0 Å². The first-order valence-electron chi connectivity index (χ1n) is 2.72. The lowest BCUT2D eigenvalue weighted by Crippen LogP contribution is -1.88. The normalized spacial score (nSPS) is 4.92. The highest BCUT2D eigenvalue weighted by Gasteiger charge is 1.75. The second-order valence-corrected chi connectivity index (χ2v) is 1.27. The van der Waals surface area contributed by atoms with Crippen molar-refractivity contribution in [2.45, 2.75) is 43.6 Å². The number of carbonyl (C=O) groups is 1. The second kappa shape index (κ2) is 42.2. The SMILES string of the molecule is C.C.C.C.CCOC.COC(C)=O. The summed E-state index contributed by atoms with van der Waals surface area (Å²) in [4.78, 5) is 9.59. The van der Waals surface area contributed by atoms with Crippen molar-refractivity contribution in [1.82, 2.24) is 0 Å². The lowest BCUT2D eigenvalue weighted by atomic mass is 10.8. The summed E-state index contributed by atoms with van der Waals surface area (Å²) in [5.74, 6) is -0.245. The van der Waals surface area contributed by atoms with Crippen LogP contribution in [0.25, 0.3) is 0 Å². The predicted molar refractivity (Wildman–Crippen MR) is 62.2 cm³/mol. The number of methoxy groups -OCH3 is 2. The first-order valence-corrected chi connectivity index (χ1v) is 2.72. The van der Waals surface area contributed by atoms with Crippen molar-refractivity contribution in [1.29, 1.82) is 0 Å². The van der Waals surface area contributed by atoms with Crippen molar-refractivity contribution in [3.05, 3.63) is 0 Å².